The summed E-state index contributed by atoms with van der Waals surface area (Å²) in [6, 6.07) is 9.47. The van der Waals surface area contributed by atoms with E-state index in [1.165, 1.54) is 6.07 Å². The second-order valence-electron chi connectivity index (χ2n) is 11.5. The van der Waals surface area contributed by atoms with Gasteiger partial charge in [-0.25, -0.2) is 4.39 Å². The number of halogens is 3. The summed E-state index contributed by atoms with van der Waals surface area (Å²) in [6.45, 7) is 9.07. The van der Waals surface area contributed by atoms with Crippen molar-refractivity contribution in [3.63, 3.8) is 0 Å². The summed E-state index contributed by atoms with van der Waals surface area (Å²) in [4.78, 5) is 32.4. The molecule has 2 amide bonds. The smallest absolute Gasteiger partial charge is 0.245 e. The fraction of sp³-hybridized carbons (Fsp3) is 0.548. The molecule has 2 aliphatic heterocycles. The molecule has 10 heteroatoms. The van der Waals surface area contributed by atoms with Gasteiger partial charge in [-0.05, 0) is 66.6 Å². The van der Waals surface area contributed by atoms with Crippen LogP contribution in [0.1, 0.15) is 63.6 Å². The third kappa shape index (κ3) is 7.92. The van der Waals surface area contributed by atoms with Crippen LogP contribution in [-0.2, 0) is 16.0 Å². The summed E-state index contributed by atoms with van der Waals surface area (Å²) in [5, 5.41) is 4.51. The fourth-order valence-corrected chi connectivity index (χ4v) is 6.31. The summed E-state index contributed by atoms with van der Waals surface area (Å²) in [7, 11) is 0. The van der Waals surface area contributed by atoms with Crippen molar-refractivity contribution in [2.45, 2.75) is 71.1 Å². The van der Waals surface area contributed by atoms with E-state index < -0.39 is 6.04 Å². The highest BCUT2D eigenvalue weighted by atomic mass is 35.5. The molecule has 224 valence electrons. The van der Waals surface area contributed by atoms with Crippen molar-refractivity contribution < 1.29 is 14.0 Å². The third-order valence-electron chi connectivity index (χ3n) is 8.06. The van der Waals surface area contributed by atoms with E-state index in [-0.39, 0.29) is 29.8 Å². The number of anilines is 1. The molecule has 41 heavy (non-hydrogen) atoms. The first-order valence-electron chi connectivity index (χ1n) is 14.7. The average molecular weight is 607 g/mol. The number of nitrogens with two attached hydrogens (primary N) is 1. The van der Waals surface area contributed by atoms with E-state index in [9.17, 15) is 14.0 Å². The summed E-state index contributed by atoms with van der Waals surface area (Å²) in [6.07, 6.45) is 2.92. The Balaban J connectivity index is 1.52. The first-order chi connectivity index (χ1) is 19.6. The van der Waals surface area contributed by atoms with Crippen molar-refractivity contribution in [1.29, 1.82) is 0 Å². The normalized spacial score (nSPS) is 18.2. The zero-order valence-electron chi connectivity index (χ0n) is 24.2. The van der Waals surface area contributed by atoms with E-state index in [1.54, 1.807) is 23.1 Å². The Bertz CT molecular complexity index is 1220. The van der Waals surface area contributed by atoms with E-state index >= 15 is 0 Å². The average Bonchev–Trinajstić information content (AvgIpc) is 3.37. The Labute approximate surface area is 253 Å². The maximum absolute atomic E-state index is 14.5. The monoisotopic (exact) mass is 605 g/mol. The fourth-order valence-electron chi connectivity index (χ4n) is 5.83. The summed E-state index contributed by atoms with van der Waals surface area (Å²) in [5.41, 5.74) is 8.90. The molecule has 2 heterocycles. The van der Waals surface area contributed by atoms with Gasteiger partial charge in [-0.1, -0.05) is 50.0 Å². The molecule has 2 aromatic carbocycles. The van der Waals surface area contributed by atoms with Crippen LogP contribution < -0.4 is 16.0 Å². The first kappa shape index (κ1) is 31.5. The number of nitrogens with zero attached hydrogens (tertiary/aromatic N) is 3. The number of piperazine rings is 1. The SMILES string of the molecule is CCC(N)NC(CC(C)C)c1cc(F)ccc1N1CCN(C(=O)C(Cc2ccc(Cl)cc2Cl)N2CCCC2=O)CC1. The number of benzene rings is 2. The van der Waals surface area contributed by atoms with Crippen LogP contribution in [0.4, 0.5) is 10.1 Å². The lowest BCUT2D eigenvalue weighted by Crippen LogP contribution is -2.56. The van der Waals surface area contributed by atoms with Crippen molar-refractivity contribution in [2.75, 3.05) is 37.6 Å². The second-order valence-corrected chi connectivity index (χ2v) is 12.4. The third-order valence-corrected chi connectivity index (χ3v) is 8.65. The van der Waals surface area contributed by atoms with Gasteiger partial charge in [0.1, 0.15) is 11.9 Å². The minimum absolute atomic E-state index is 0.00277. The number of nitrogens with one attached hydrogen (secondary N) is 1. The lowest BCUT2D eigenvalue weighted by molar-refractivity contribution is -0.143. The molecular weight excluding hydrogens is 564 g/mol. The number of carbonyl (C=O) groups excluding carboxylic acids is 2. The molecule has 0 saturated carbocycles. The molecule has 2 aromatic rings. The number of amides is 2. The van der Waals surface area contributed by atoms with Crippen molar-refractivity contribution in [3.8, 4) is 0 Å². The van der Waals surface area contributed by atoms with Crippen LogP contribution >= 0.6 is 23.2 Å². The molecule has 2 fully saturated rings. The lowest BCUT2D eigenvalue weighted by atomic mass is 9.94. The highest BCUT2D eigenvalue weighted by molar-refractivity contribution is 6.35. The van der Waals surface area contributed by atoms with Gasteiger partial charge < -0.3 is 20.4 Å². The Kier molecular flexibility index (Phi) is 10.9. The minimum atomic E-state index is -0.619. The Morgan fingerprint density at radius 1 is 1.07 bits per heavy atom. The number of likely N-dealkylation sites (tertiary alicyclic amines) is 1. The van der Waals surface area contributed by atoms with Crippen molar-refractivity contribution >= 4 is 40.7 Å². The quantitative estimate of drug-likeness (QED) is 0.336. The van der Waals surface area contributed by atoms with Crippen LogP contribution in [0.5, 0.6) is 0 Å². The van der Waals surface area contributed by atoms with Gasteiger partial charge in [-0.3, -0.25) is 14.9 Å². The van der Waals surface area contributed by atoms with Crippen LogP contribution in [0.3, 0.4) is 0 Å². The van der Waals surface area contributed by atoms with Gasteiger partial charge in [0.25, 0.3) is 0 Å². The van der Waals surface area contributed by atoms with Gasteiger partial charge in [-0.15, -0.1) is 0 Å². The predicted octanol–water partition coefficient (Wildman–Crippen LogP) is 5.39. The van der Waals surface area contributed by atoms with Gasteiger partial charge in [0.05, 0.1) is 6.17 Å². The van der Waals surface area contributed by atoms with Crippen molar-refractivity contribution in [1.82, 2.24) is 15.1 Å². The molecule has 3 unspecified atom stereocenters. The maximum atomic E-state index is 14.5. The number of rotatable bonds is 11. The molecule has 0 radical (unpaired) electrons. The maximum Gasteiger partial charge on any atom is 0.245 e. The molecule has 3 atom stereocenters. The summed E-state index contributed by atoms with van der Waals surface area (Å²) in [5.74, 6) is 0.0363. The van der Waals surface area contributed by atoms with Gasteiger partial charge in [0.2, 0.25) is 11.8 Å². The first-order valence-corrected chi connectivity index (χ1v) is 15.4. The topological polar surface area (TPSA) is 81.9 Å². The van der Waals surface area contributed by atoms with E-state index in [1.807, 2.05) is 24.0 Å². The summed E-state index contributed by atoms with van der Waals surface area (Å²) >= 11 is 12.5. The van der Waals surface area contributed by atoms with Gasteiger partial charge in [0.15, 0.2) is 0 Å². The Morgan fingerprint density at radius 3 is 2.41 bits per heavy atom. The molecule has 2 aliphatic rings. The standard InChI is InChI=1S/C31H42Cl2FN5O2/c1-4-29(35)36-26(16-20(2)3)24-19-23(34)9-10-27(24)37-12-14-38(15-13-37)31(41)28(39-11-5-6-30(39)40)17-21-7-8-22(32)18-25(21)33/h7-10,18-20,26,28-29,36H,4-6,11-17,35H2,1-3H3. The minimum Gasteiger partial charge on any atom is -0.368 e. The van der Waals surface area contributed by atoms with Crippen LogP contribution in [0.25, 0.3) is 0 Å². The predicted molar refractivity (Wildman–Crippen MR) is 164 cm³/mol. The Hall–Kier alpha value is -2.39. The molecule has 0 spiro atoms. The van der Waals surface area contributed by atoms with Crippen molar-refractivity contribution in [2.24, 2.45) is 11.7 Å². The number of hydrogen-bond acceptors (Lipinski definition) is 5. The van der Waals surface area contributed by atoms with Crippen LogP contribution in [0.15, 0.2) is 36.4 Å². The largest absolute Gasteiger partial charge is 0.368 e. The van der Waals surface area contributed by atoms with E-state index in [0.29, 0.717) is 61.5 Å². The molecule has 4 rings (SSSR count). The van der Waals surface area contributed by atoms with E-state index in [2.05, 4.69) is 24.1 Å². The summed E-state index contributed by atoms with van der Waals surface area (Å²) < 4.78 is 14.5. The second kappa shape index (κ2) is 14.2. The molecular formula is C31H42Cl2FN5O2. The highest BCUT2D eigenvalue weighted by Crippen LogP contribution is 2.33. The molecule has 7 nitrogen and oxygen atoms in total. The number of hydrogen-bond donors (Lipinski definition) is 2. The molecule has 0 bridgehead atoms. The van der Waals surface area contributed by atoms with Crippen LogP contribution in [0, 0.1) is 11.7 Å². The van der Waals surface area contributed by atoms with Crippen LogP contribution in [0.2, 0.25) is 10.0 Å². The lowest BCUT2D eigenvalue weighted by Gasteiger charge is -2.40. The van der Waals surface area contributed by atoms with Gasteiger partial charge in [-0.2, -0.15) is 0 Å². The van der Waals surface area contributed by atoms with Gasteiger partial charge in [0, 0.05) is 67.3 Å². The molecule has 2 saturated heterocycles. The van der Waals surface area contributed by atoms with Gasteiger partial charge >= 0.3 is 0 Å². The molecule has 0 aliphatic carbocycles. The zero-order valence-corrected chi connectivity index (χ0v) is 25.7. The zero-order chi connectivity index (χ0) is 29.7. The molecule has 3 N–H and O–H groups in total. The van der Waals surface area contributed by atoms with E-state index in [0.717, 1.165) is 36.1 Å². The Morgan fingerprint density at radius 2 is 1.80 bits per heavy atom. The van der Waals surface area contributed by atoms with Crippen molar-refractivity contribution in [3.05, 3.63) is 63.4 Å². The number of carbonyl (C=O) groups is 2. The molecule has 0 aromatic heterocycles. The van der Waals surface area contributed by atoms with E-state index in [4.69, 9.17) is 28.9 Å². The van der Waals surface area contributed by atoms with Crippen LogP contribution in [-0.4, -0.2) is 66.5 Å². The highest BCUT2D eigenvalue weighted by Gasteiger charge is 2.37.